The molecular weight excluding hydrogens is 258 g/mol. The van der Waals surface area contributed by atoms with Crippen molar-refractivity contribution in [1.29, 1.82) is 0 Å². The van der Waals surface area contributed by atoms with Crippen LogP contribution in [0, 0.1) is 5.92 Å². The topological polar surface area (TPSA) is 71.7 Å². The van der Waals surface area contributed by atoms with Crippen molar-refractivity contribution in [1.82, 2.24) is 5.32 Å². The summed E-state index contributed by atoms with van der Waals surface area (Å²) in [7, 11) is 0. The summed E-state index contributed by atoms with van der Waals surface area (Å²) < 4.78 is 10.7. The molecule has 1 fully saturated rings. The predicted molar refractivity (Wildman–Crippen MR) is 74.0 cm³/mol. The van der Waals surface area contributed by atoms with E-state index in [0.29, 0.717) is 11.7 Å². The molecule has 0 saturated heterocycles. The van der Waals surface area contributed by atoms with E-state index in [0.717, 1.165) is 12.8 Å². The molecule has 0 bridgehead atoms. The standard InChI is InChI=1S/C15H23NO4/c1-11-4-2-5-12(8-11)20-10-15(18)16-9-13(17)14-6-3-7-19-14/h3,6-7,11-13,17H,2,4-5,8-10H2,1H3,(H,16,18). The molecular formula is C15H23NO4. The lowest BCUT2D eigenvalue weighted by atomic mass is 9.89. The second-order valence-corrected chi connectivity index (χ2v) is 5.54. The molecule has 0 aromatic carbocycles. The lowest BCUT2D eigenvalue weighted by Gasteiger charge is -2.26. The molecule has 2 N–H and O–H groups in total. The molecule has 3 unspecified atom stereocenters. The average molecular weight is 281 g/mol. The zero-order valence-electron chi connectivity index (χ0n) is 11.9. The number of aliphatic hydroxyl groups is 1. The number of furan rings is 1. The van der Waals surface area contributed by atoms with Crippen molar-refractivity contribution in [3.63, 3.8) is 0 Å². The summed E-state index contributed by atoms with van der Waals surface area (Å²) >= 11 is 0. The van der Waals surface area contributed by atoms with Crippen LogP contribution in [0.3, 0.4) is 0 Å². The van der Waals surface area contributed by atoms with Crippen LogP contribution in [0.15, 0.2) is 22.8 Å². The largest absolute Gasteiger partial charge is 0.467 e. The monoisotopic (exact) mass is 281 g/mol. The number of aliphatic hydroxyl groups excluding tert-OH is 1. The van der Waals surface area contributed by atoms with E-state index < -0.39 is 6.10 Å². The van der Waals surface area contributed by atoms with E-state index in [1.165, 1.54) is 19.1 Å². The first-order valence-corrected chi connectivity index (χ1v) is 7.25. The van der Waals surface area contributed by atoms with E-state index in [2.05, 4.69) is 12.2 Å². The molecule has 1 saturated carbocycles. The van der Waals surface area contributed by atoms with Crippen LogP contribution in [0.1, 0.15) is 44.5 Å². The van der Waals surface area contributed by atoms with Crippen LogP contribution < -0.4 is 5.32 Å². The Morgan fingerprint density at radius 2 is 2.45 bits per heavy atom. The third kappa shape index (κ3) is 4.65. The van der Waals surface area contributed by atoms with Gasteiger partial charge in [-0.2, -0.15) is 0 Å². The van der Waals surface area contributed by atoms with Gasteiger partial charge in [-0.3, -0.25) is 4.79 Å². The molecule has 1 aromatic heterocycles. The van der Waals surface area contributed by atoms with E-state index in [-0.39, 0.29) is 25.2 Å². The third-order valence-electron chi connectivity index (χ3n) is 3.70. The van der Waals surface area contributed by atoms with Crippen LogP contribution in [-0.4, -0.2) is 30.3 Å². The van der Waals surface area contributed by atoms with E-state index in [1.54, 1.807) is 12.1 Å². The van der Waals surface area contributed by atoms with Crippen molar-refractivity contribution in [2.45, 2.75) is 44.8 Å². The number of carbonyl (C=O) groups excluding carboxylic acids is 1. The Morgan fingerprint density at radius 1 is 1.60 bits per heavy atom. The van der Waals surface area contributed by atoms with Gasteiger partial charge in [0.2, 0.25) is 5.91 Å². The van der Waals surface area contributed by atoms with Gasteiger partial charge in [-0.25, -0.2) is 0 Å². The van der Waals surface area contributed by atoms with Gasteiger partial charge in [0, 0.05) is 0 Å². The highest BCUT2D eigenvalue weighted by Crippen LogP contribution is 2.25. The maximum absolute atomic E-state index is 11.7. The fourth-order valence-electron chi connectivity index (χ4n) is 2.57. The lowest BCUT2D eigenvalue weighted by molar-refractivity contribution is -0.129. The molecule has 1 aliphatic rings. The van der Waals surface area contributed by atoms with Gasteiger partial charge >= 0.3 is 0 Å². The predicted octanol–water partition coefficient (Wildman–Crippen LogP) is 2.02. The highest BCUT2D eigenvalue weighted by molar-refractivity contribution is 5.77. The zero-order valence-corrected chi connectivity index (χ0v) is 11.9. The number of rotatable bonds is 6. The average Bonchev–Trinajstić information content (AvgIpc) is 2.97. The number of hydrogen-bond donors (Lipinski definition) is 2. The lowest BCUT2D eigenvalue weighted by Crippen LogP contribution is -2.33. The maximum atomic E-state index is 11.7. The Hall–Kier alpha value is -1.33. The molecule has 5 heteroatoms. The fraction of sp³-hybridized carbons (Fsp3) is 0.667. The van der Waals surface area contributed by atoms with Gasteiger partial charge in [-0.15, -0.1) is 0 Å². The van der Waals surface area contributed by atoms with Gasteiger partial charge in [0.1, 0.15) is 18.5 Å². The molecule has 112 valence electrons. The second kappa shape index (κ2) is 7.45. The molecule has 1 aromatic rings. The Balaban J connectivity index is 1.63. The SMILES string of the molecule is CC1CCCC(OCC(=O)NCC(O)c2ccco2)C1. The minimum Gasteiger partial charge on any atom is -0.467 e. The Kier molecular flexibility index (Phi) is 5.61. The van der Waals surface area contributed by atoms with Crippen molar-refractivity contribution < 1.29 is 19.1 Å². The number of nitrogens with one attached hydrogen (secondary N) is 1. The van der Waals surface area contributed by atoms with Crippen molar-refractivity contribution in [2.75, 3.05) is 13.2 Å². The van der Waals surface area contributed by atoms with Crippen molar-refractivity contribution in [3.8, 4) is 0 Å². The van der Waals surface area contributed by atoms with Crippen molar-refractivity contribution in [2.24, 2.45) is 5.92 Å². The van der Waals surface area contributed by atoms with Gasteiger partial charge in [0.15, 0.2) is 0 Å². The van der Waals surface area contributed by atoms with E-state index >= 15 is 0 Å². The zero-order chi connectivity index (χ0) is 14.4. The van der Waals surface area contributed by atoms with Gasteiger partial charge in [0.05, 0.1) is 18.9 Å². The molecule has 3 atom stereocenters. The number of amides is 1. The molecule has 20 heavy (non-hydrogen) atoms. The summed E-state index contributed by atoms with van der Waals surface area (Å²) in [5.74, 6) is 0.929. The third-order valence-corrected chi connectivity index (χ3v) is 3.70. The highest BCUT2D eigenvalue weighted by atomic mass is 16.5. The molecule has 0 aliphatic heterocycles. The number of carbonyl (C=O) groups is 1. The van der Waals surface area contributed by atoms with Crippen LogP contribution in [0.25, 0.3) is 0 Å². The maximum Gasteiger partial charge on any atom is 0.246 e. The van der Waals surface area contributed by atoms with E-state index in [1.807, 2.05) is 0 Å². The van der Waals surface area contributed by atoms with Gasteiger partial charge in [-0.1, -0.05) is 19.8 Å². The summed E-state index contributed by atoms with van der Waals surface area (Å²) in [5.41, 5.74) is 0. The fourth-order valence-corrected chi connectivity index (χ4v) is 2.57. The summed E-state index contributed by atoms with van der Waals surface area (Å²) in [4.78, 5) is 11.7. The Morgan fingerprint density at radius 3 is 3.15 bits per heavy atom. The minimum atomic E-state index is -0.816. The first kappa shape index (κ1) is 15.1. The van der Waals surface area contributed by atoms with Crippen molar-refractivity contribution in [3.05, 3.63) is 24.2 Å². The first-order valence-electron chi connectivity index (χ1n) is 7.25. The Labute approximate surface area is 119 Å². The normalized spacial score (nSPS) is 24.3. The summed E-state index contributed by atoms with van der Waals surface area (Å²) in [6.07, 6.45) is 5.36. The minimum absolute atomic E-state index is 0.0578. The molecule has 5 nitrogen and oxygen atoms in total. The summed E-state index contributed by atoms with van der Waals surface area (Å²) in [6, 6.07) is 3.38. The van der Waals surface area contributed by atoms with Crippen LogP contribution in [0.5, 0.6) is 0 Å². The number of ether oxygens (including phenoxy) is 1. The Bertz CT molecular complexity index is 404. The van der Waals surface area contributed by atoms with Crippen LogP contribution in [-0.2, 0) is 9.53 Å². The molecule has 1 amide bonds. The summed E-state index contributed by atoms with van der Waals surface area (Å²) in [6.45, 7) is 2.41. The highest BCUT2D eigenvalue weighted by Gasteiger charge is 2.20. The smallest absolute Gasteiger partial charge is 0.246 e. The molecule has 1 heterocycles. The van der Waals surface area contributed by atoms with Gasteiger partial charge < -0.3 is 19.6 Å². The molecule has 1 aliphatic carbocycles. The van der Waals surface area contributed by atoms with Crippen LogP contribution in [0.2, 0.25) is 0 Å². The molecule has 2 rings (SSSR count). The van der Waals surface area contributed by atoms with E-state index in [4.69, 9.17) is 9.15 Å². The quantitative estimate of drug-likeness (QED) is 0.837. The second-order valence-electron chi connectivity index (χ2n) is 5.54. The van der Waals surface area contributed by atoms with Gasteiger partial charge in [0.25, 0.3) is 0 Å². The van der Waals surface area contributed by atoms with Crippen LogP contribution >= 0.6 is 0 Å². The first-order chi connectivity index (χ1) is 9.65. The van der Waals surface area contributed by atoms with E-state index in [9.17, 15) is 9.90 Å². The molecule has 0 radical (unpaired) electrons. The molecule has 0 spiro atoms. The van der Waals surface area contributed by atoms with Crippen LogP contribution in [0.4, 0.5) is 0 Å². The van der Waals surface area contributed by atoms with Gasteiger partial charge in [-0.05, 0) is 30.9 Å². The van der Waals surface area contributed by atoms with Crippen molar-refractivity contribution >= 4 is 5.91 Å². The summed E-state index contributed by atoms with van der Waals surface area (Å²) in [5, 5.41) is 12.4. The number of hydrogen-bond acceptors (Lipinski definition) is 4.